The van der Waals surface area contributed by atoms with E-state index in [4.69, 9.17) is 9.15 Å². The predicted molar refractivity (Wildman–Crippen MR) is 244 cm³/mol. The maximum Gasteiger partial charge on any atom is 0.156 e. The Kier molecular flexibility index (Phi) is 6.81. The van der Waals surface area contributed by atoms with Crippen molar-refractivity contribution >= 4 is 70.5 Å². The zero-order valence-electron chi connectivity index (χ0n) is 31.7. The smallest absolute Gasteiger partial charge is 0.156 e. The summed E-state index contributed by atoms with van der Waals surface area (Å²) in [5.41, 5.74) is 13.8. The van der Waals surface area contributed by atoms with E-state index in [0.29, 0.717) is 0 Å². The summed E-state index contributed by atoms with van der Waals surface area (Å²) in [5.74, 6) is 1.70. The Morgan fingerprint density at radius 3 is 1.86 bits per heavy atom. The molecule has 9 aromatic carbocycles. The van der Waals surface area contributed by atoms with Gasteiger partial charge in [-0.1, -0.05) is 146 Å². The summed E-state index contributed by atoms with van der Waals surface area (Å²) >= 11 is 1.83. The lowest BCUT2D eigenvalue weighted by atomic mass is 9.66. The average molecular weight is 772 g/mol. The first kappa shape index (κ1) is 32.7. The van der Waals surface area contributed by atoms with Gasteiger partial charge in [-0.3, -0.25) is 0 Å². The molecule has 13 rings (SSSR count). The molecule has 0 amide bonds. The van der Waals surface area contributed by atoms with Gasteiger partial charge in [-0.2, -0.15) is 0 Å². The molecule has 0 atom stereocenters. The first-order valence-electron chi connectivity index (χ1n) is 20.1. The summed E-state index contributed by atoms with van der Waals surface area (Å²) in [5, 5.41) is 4.56. The number of thiophene rings is 1. The van der Waals surface area contributed by atoms with Crippen LogP contribution in [0.25, 0.3) is 64.4 Å². The lowest BCUT2D eigenvalue weighted by molar-refractivity contribution is 0.437. The molecule has 3 heterocycles. The van der Waals surface area contributed by atoms with Crippen molar-refractivity contribution in [3.05, 3.63) is 222 Å². The molecule has 59 heavy (non-hydrogen) atoms. The van der Waals surface area contributed by atoms with Crippen LogP contribution in [-0.4, -0.2) is 0 Å². The quantitative estimate of drug-likeness (QED) is 0.178. The van der Waals surface area contributed by atoms with Gasteiger partial charge in [0.05, 0.1) is 27.9 Å². The van der Waals surface area contributed by atoms with Crippen molar-refractivity contribution in [3.8, 4) is 33.8 Å². The van der Waals surface area contributed by atoms with Gasteiger partial charge in [0, 0.05) is 36.7 Å². The van der Waals surface area contributed by atoms with E-state index in [-0.39, 0.29) is 0 Å². The second kappa shape index (κ2) is 12.3. The molecule has 0 fully saturated rings. The van der Waals surface area contributed by atoms with Gasteiger partial charge in [0.2, 0.25) is 0 Å². The van der Waals surface area contributed by atoms with Crippen LogP contribution in [0.2, 0.25) is 0 Å². The molecule has 276 valence electrons. The molecule has 1 aliphatic carbocycles. The van der Waals surface area contributed by atoms with E-state index in [1.165, 1.54) is 48.0 Å². The van der Waals surface area contributed by atoms with Gasteiger partial charge in [-0.25, -0.2) is 0 Å². The Hall–Kier alpha value is -7.40. The van der Waals surface area contributed by atoms with Gasteiger partial charge in [-0.15, -0.1) is 11.3 Å². The van der Waals surface area contributed by atoms with Crippen molar-refractivity contribution in [1.82, 2.24) is 0 Å². The van der Waals surface area contributed by atoms with E-state index in [0.717, 1.165) is 67.2 Å². The van der Waals surface area contributed by atoms with E-state index in [2.05, 4.69) is 205 Å². The molecule has 0 saturated carbocycles. The minimum absolute atomic E-state index is 0.598. The van der Waals surface area contributed by atoms with E-state index >= 15 is 0 Å². The zero-order valence-corrected chi connectivity index (χ0v) is 32.5. The molecule has 0 saturated heterocycles. The van der Waals surface area contributed by atoms with Crippen LogP contribution in [0.15, 0.2) is 205 Å². The summed E-state index contributed by atoms with van der Waals surface area (Å²) in [7, 11) is 0. The fraction of sp³-hybridized carbons (Fsp3) is 0.0182. The average Bonchev–Trinajstić information content (AvgIpc) is 3.96. The van der Waals surface area contributed by atoms with Crippen molar-refractivity contribution in [2.75, 3.05) is 4.90 Å². The van der Waals surface area contributed by atoms with E-state index in [1.54, 1.807) is 0 Å². The molecule has 3 nitrogen and oxygen atoms in total. The number of hydrogen-bond acceptors (Lipinski definition) is 4. The largest absolute Gasteiger partial charge is 0.456 e. The third-order valence-electron chi connectivity index (χ3n) is 12.5. The molecular weight excluding hydrogens is 739 g/mol. The highest BCUT2D eigenvalue weighted by Crippen LogP contribution is 2.64. The molecule has 4 heteroatoms. The molecule has 11 aromatic rings. The van der Waals surface area contributed by atoms with Crippen molar-refractivity contribution < 1.29 is 9.15 Å². The van der Waals surface area contributed by atoms with Crippen LogP contribution in [0.1, 0.15) is 22.3 Å². The number of nitrogens with zero attached hydrogens (tertiary/aromatic N) is 1. The van der Waals surface area contributed by atoms with Crippen LogP contribution < -0.4 is 9.64 Å². The lowest BCUT2D eigenvalue weighted by Crippen LogP contribution is -2.32. The van der Waals surface area contributed by atoms with Crippen molar-refractivity contribution in [2.45, 2.75) is 5.41 Å². The number of fused-ring (bicyclic) bond motifs is 15. The highest BCUT2D eigenvalue weighted by molar-refractivity contribution is 7.26. The molecule has 0 radical (unpaired) electrons. The number of hydrogen-bond donors (Lipinski definition) is 0. The predicted octanol–water partition coefficient (Wildman–Crippen LogP) is 15.6. The molecule has 1 aliphatic heterocycles. The summed E-state index contributed by atoms with van der Waals surface area (Å²) < 4.78 is 16.5. The van der Waals surface area contributed by atoms with Gasteiger partial charge in [-0.05, 0) is 88.0 Å². The normalized spacial score (nSPS) is 13.4. The first-order chi connectivity index (χ1) is 29.3. The van der Waals surface area contributed by atoms with Gasteiger partial charge in [0.1, 0.15) is 16.9 Å². The fourth-order valence-corrected chi connectivity index (χ4v) is 11.3. The SMILES string of the molecule is c1ccc(-c2ccc3oc4cccc(N(c5cccc6c5Oc5ccccc5C65c6ccccc6-c6ccccc65)c5cccc6sc7ccccc7c56)c4c3c2)cc1. The molecular formula is C55H33NO2S. The number of anilines is 3. The molecule has 2 aliphatic rings. The topological polar surface area (TPSA) is 25.6 Å². The van der Waals surface area contributed by atoms with Gasteiger partial charge < -0.3 is 14.1 Å². The van der Waals surface area contributed by atoms with Crippen LogP contribution in [-0.2, 0) is 5.41 Å². The number of benzene rings is 9. The summed E-state index contributed by atoms with van der Waals surface area (Å²) in [4.78, 5) is 2.45. The minimum Gasteiger partial charge on any atom is -0.456 e. The molecule has 2 aromatic heterocycles. The third-order valence-corrected chi connectivity index (χ3v) is 13.7. The first-order valence-corrected chi connectivity index (χ1v) is 20.9. The fourth-order valence-electron chi connectivity index (χ4n) is 10.2. The highest BCUT2D eigenvalue weighted by Gasteiger charge is 2.51. The Morgan fingerprint density at radius 1 is 0.407 bits per heavy atom. The monoisotopic (exact) mass is 771 g/mol. The molecule has 0 N–H and O–H groups in total. The summed E-state index contributed by atoms with van der Waals surface area (Å²) in [6.07, 6.45) is 0. The third kappa shape index (κ3) is 4.47. The summed E-state index contributed by atoms with van der Waals surface area (Å²) in [6, 6.07) is 72.3. The van der Waals surface area contributed by atoms with Gasteiger partial charge >= 0.3 is 0 Å². The van der Waals surface area contributed by atoms with Crippen molar-refractivity contribution in [2.24, 2.45) is 0 Å². The maximum absolute atomic E-state index is 7.33. The van der Waals surface area contributed by atoms with Crippen LogP contribution in [0.4, 0.5) is 17.1 Å². The second-order valence-corrected chi connectivity index (χ2v) is 16.6. The van der Waals surface area contributed by atoms with E-state index in [1.807, 2.05) is 11.3 Å². The Morgan fingerprint density at radius 2 is 1.03 bits per heavy atom. The number of ether oxygens (including phenoxy) is 1. The summed E-state index contributed by atoms with van der Waals surface area (Å²) in [6.45, 7) is 0. The molecule has 0 unspecified atom stereocenters. The second-order valence-electron chi connectivity index (χ2n) is 15.5. The van der Waals surface area contributed by atoms with Crippen molar-refractivity contribution in [3.63, 3.8) is 0 Å². The molecule has 0 bridgehead atoms. The zero-order chi connectivity index (χ0) is 38.7. The number of furan rings is 1. The molecule has 1 spiro atoms. The standard InChI is InChI=1S/C55H33NO2S/c1-2-15-34(16-3-1)35-31-32-47-39(33-35)52-44(24-13-28-49(52)57-47)56(45-25-14-30-51-53(45)38-19-6-11-29-50(38)59-51)46-26-12-23-43-54(46)58-48-27-10-9-22-42(48)55(43)40-20-7-4-17-36(40)37-18-5-8-21-41(37)55/h1-33H. The Bertz CT molecular complexity index is 3460. The number of rotatable bonds is 4. The highest BCUT2D eigenvalue weighted by atomic mass is 32.1. The Balaban J connectivity index is 1.16. The van der Waals surface area contributed by atoms with Crippen LogP contribution in [0.5, 0.6) is 11.5 Å². The van der Waals surface area contributed by atoms with Crippen molar-refractivity contribution in [1.29, 1.82) is 0 Å². The Labute approximate surface area is 344 Å². The maximum atomic E-state index is 7.33. The van der Waals surface area contributed by atoms with Crippen LogP contribution in [0.3, 0.4) is 0 Å². The van der Waals surface area contributed by atoms with E-state index < -0.39 is 5.41 Å². The van der Waals surface area contributed by atoms with Gasteiger partial charge in [0.15, 0.2) is 5.75 Å². The lowest BCUT2D eigenvalue weighted by Gasteiger charge is -2.41. The number of para-hydroxylation sites is 2. The minimum atomic E-state index is -0.598. The van der Waals surface area contributed by atoms with Crippen LogP contribution >= 0.6 is 11.3 Å². The van der Waals surface area contributed by atoms with Crippen LogP contribution in [0, 0.1) is 0 Å². The van der Waals surface area contributed by atoms with Gasteiger partial charge in [0.25, 0.3) is 0 Å². The van der Waals surface area contributed by atoms with E-state index in [9.17, 15) is 0 Å².